The van der Waals surface area contributed by atoms with Crippen LogP contribution in [-0.2, 0) is 4.74 Å². The quantitative estimate of drug-likeness (QED) is 0.460. The first-order chi connectivity index (χ1) is 14.5. The number of ether oxygens (including phenoxy) is 1. The highest BCUT2D eigenvalue weighted by atomic mass is 16.5. The molecule has 0 unspecified atom stereocenters. The number of phenols is 1. The van der Waals surface area contributed by atoms with Crippen LogP contribution in [0.2, 0.25) is 0 Å². The van der Waals surface area contributed by atoms with Gasteiger partial charge in [-0.3, -0.25) is 4.57 Å². The lowest BCUT2D eigenvalue weighted by atomic mass is 10.1. The zero-order chi connectivity index (χ0) is 21.3. The maximum atomic E-state index is 13.0. The Bertz CT molecular complexity index is 1210. The number of fused-ring (bicyclic) bond motifs is 2. The van der Waals surface area contributed by atoms with E-state index < -0.39 is 5.97 Å². The summed E-state index contributed by atoms with van der Waals surface area (Å²) < 4.78 is 7.27. The van der Waals surface area contributed by atoms with E-state index in [4.69, 9.17) is 15.5 Å². The van der Waals surface area contributed by atoms with Crippen molar-refractivity contribution in [2.75, 3.05) is 12.3 Å². The number of carbonyl (C=O) groups excluding carboxylic acids is 1. The third-order valence-electron chi connectivity index (χ3n) is 5.41. The standard InChI is InChI=1S/C23H24N4O3/c1-3-14(4-2)13-30-23(29)19-20-22(26-18-8-6-5-7-17(18)25-20)27(21(19)24)15-9-11-16(28)12-10-15/h5-12,14,28H,3-4,13,24H2,1-2H3. The van der Waals surface area contributed by atoms with E-state index in [2.05, 4.69) is 18.8 Å². The smallest absolute Gasteiger partial charge is 0.344 e. The zero-order valence-electron chi connectivity index (χ0n) is 17.0. The SMILES string of the molecule is CCC(CC)COC(=O)c1c(N)n(-c2ccc(O)cc2)c2nc3ccccc3nc12. The number of phenolic OH excluding ortho intramolecular Hbond substituents is 1. The van der Waals surface area contributed by atoms with Gasteiger partial charge in [-0.05, 0) is 42.3 Å². The number of benzene rings is 2. The molecule has 7 nitrogen and oxygen atoms in total. The number of hydrogen-bond acceptors (Lipinski definition) is 6. The van der Waals surface area contributed by atoms with Crippen molar-refractivity contribution < 1.29 is 14.6 Å². The molecule has 0 aliphatic carbocycles. The second kappa shape index (κ2) is 8.02. The molecule has 0 bridgehead atoms. The van der Waals surface area contributed by atoms with E-state index in [9.17, 15) is 9.90 Å². The van der Waals surface area contributed by atoms with E-state index in [0.29, 0.717) is 40.4 Å². The highest BCUT2D eigenvalue weighted by Crippen LogP contribution is 2.32. The fourth-order valence-electron chi connectivity index (χ4n) is 3.52. The average Bonchev–Trinajstić information content (AvgIpc) is 3.04. The first-order valence-corrected chi connectivity index (χ1v) is 10.1. The Hall–Kier alpha value is -3.61. The summed E-state index contributed by atoms with van der Waals surface area (Å²) in [6.45, 7) is 4.48. The van der Waals surface area contributed by atoms with Crippen LogP contribution in [-0.4, -0.2) is 32.2 Å². The molecule has 30 heavy (non-hydrogen) atoms. The van der Waals surface area contributed by atoms with E-state index in [1.54, 1.807) is 28.8 Å². The van der Waals surface area contributed by atoms with E-state index in [-0.39, 0.29) is 17.1 Å². The van der Waals surface area contributed by atoms with Gasteiger partial charge in [-0.1, -0.05) is 38.8 Å². The van der Waals surface area contributed by atoms with Crippen LogP contribution in [0.15, 0.2) is 48.5 Å². The first-order valence-electron chi connectivity index (χ1n) is 10.1. The molecule has 0 saturated carbocycles. The number of aromatic nitrogens is 3. The van der Waals surface area contributed by atoms with Gasteiger partial charge in [0.1, 0.15) is 22.6 Å². The number of rotatable bonds is 6. The predicted molar refractivity (Wildman–Crippen MR) is 117 cm³/mol. The van der Waals surface area contributed by atoms with E-state index in [1.165, 1.54) is 0 Å². The molecule has 0 saturated heterocycles. The van der Waals surface area contributed by atoms with Crippen LogP contribution in [0, 0.1) is 5.92 Å². The van der Waals surface area contributed by atoms with Crippen LogP contribution in [0.3, 0.4) is 0 Å². The molecule has 7 heteroatoms. The monoisotopic (exact) mass is 404 g/mol. The number of nitrogens with two attached hydrogens (primary N) is 1. The number of aromatic hydroxyl groups is 1. The van der Waals surface area contributed by atoms with Crippen molar-refractivity contribution >= 4 is 34.0 Å². The van der Waals surface area contributed by atoms with Crippen molar-refractivity contribution in [2.24, 2.45) is 5.92 Å². The van der Waals surface area contributed by atoms with Gasteiger partial charge in [0, 0.05) is 5.69 Å². The van der Waals surface area contributed by atoms with Crippen molar-refractivity contribution in [3.05, 3.63) is 54.1 Å². The second-order valence-corrected chi connectivity index (χ2v) is 7.28. The molecule has 4 aromatic rings. The first kappa shape index (κ1) is 19.7. The molecule has 2 aromatic carbocycles. The lowest BCUT2D eigenvalue weighted by Gasteiger charge is -2.12. The van der Waals surface area contributed by atoms with Crippen molar-refractivity contribution in [3.8, 4) is 11.4 Å². The molecule has 0 aliphatic rings. The normalized spacial score (nSPS) is 11.4. The molecule has 0 spiro atoms. The van der Waals surface area contributed by atoms with Gasteiger partial charge in [0.15, 0.2) is 5.65 Å². The fourth-order valence-corrected chi connectivity index (χ4v) is 3.52. The van der Waals surface area contributed by atoms with E-state index >= 15 is 0 Å². The zero-order valence-corrected chi connectivity index (χ0v) is 17.0. The van der Waals surface area contributed by atoms with Gasteiger partial charge < -0.3 is 15.6 Å². The summed E-state index contributed by atoms with van der Waals surface area (Å²) in [7, 11) is 0. The number of carbonyl (C=O) groups is 1. The molecule has 3 N–H and O–H groups in total. The molecule has 154 valence electrons. The molecule has 2 heterocycles. The third-order valence-corrected chi connectivity index (χ3v) is 5.41. The summed E-state index contributed by atoms with van der Waals surface area (Å²) in [6, 6.07) is 14.0. The lowest BCUT2D eigenvalue weighted by molar-refractivity contribution is 0.0436. The lowest BCUT2D eigenvalue weighted by Crippen LogP contribution is -2.15. The molecule has 4 rings (SSSR count). The largest absolute Gasteiger partial charge is 0.508 e. The fraction of sp³-hybridized carbons (Fsp3) is 0.261. The number of nitrogen functional groups attached to an aromatic ring is 1. The van der Waals surface area contributed by atoms with Crippen LogP contribution >= 0.6 is 0 Å². The molecule has 2 aromatic heterocycles. The Morgan fingerprint density at radius 3 is 2.33 bits per heavy atom. The van der Waals surface area contributed by atoms with Gasteiger partial charge in [-0.2, -0.15) is 0 Å². The van der Waals surface area contributed by atoms with Crippen LogP contribution < -0.4 is 5.73 Å². The van der Waals surface area contributed by atoms with Gasteiger partial charge in [-0.25, -0.2) is 14.8 Å². The number of hydrogen-bond donors (Lipinski definition) is 2. The Morgan fingerprint density at radius 1 is 1.07 bits per heavy atom. The Balaban J connectivity index is 1.90. The highest BCUT2D eigenvalue weighted by Gasteiger charge is 2.26. The maximum Gasteiger partial charge on any atom is 0.344 e. The Morgan fingerprint density at radius 2 is 1.70 bits per heavy atom. The minimum atomic E-state index is -0.508. The second-order valence-electron chi connectivity index (χ2n) is 7.28. The summed E-state index contributed by atoms with van der Waals surface area (Å²) in [5, 5.41) is 9.65. The van der Waals surface area contributed by atoms with Crippen molar-refractivity contribution in [1.29, 1.82) is 0 Å². The summed E-state index contributed by atoms with van der Waals surface area (Å²) >= 11 is 0. The average molecular weight is 404 g/mol. The van der Waals surface area contributed by atoms with E-state index in [0.717, 1.165) is 12.8 Å². The summed E-state index contributed by atoms with van der Waals surface area (Å²) in [5.74, 6) is 0.134. The molecular formula is C23H24N4O3. The highest BCUT2D eigenvalue weighted by molar-refractivity contribution is 6.09. The van der Waals surface area contributed by atoms with E-state index in [1.807, 2.05) is 24.3 Å². The Kier molecular flexibility index (Phi) is 5.27. The Labute approximate surface area is 174 Å². The molecule has 0 aliphatic heterocycles. The van der Waals surface area contributed by atoms with Crippen molar-refractivity contribution in [3.63, 3.8) is 0 Å². The summed E-state index contributed by atoms with van der Waals surface area (Å²) in [4.78, 5) is 22.4. The van der Waals surface area contributed by atoms with Crippen LogP contribution in [0.1, 0.15) is 37.0 Å². The molecule has 0 radical (unpaired) electrons. The van der Waals surface area contributed by atoms with Gasteiger partial charge >= 0.3 is 5.97 Å². The number of para-hydroxylation sites is 2. The predicted octanol–water partition coefficient (Wildman–Crippen LogP) is 4.45. The van der Waals surface area contributed by atoms with Crippen LogP contribution in [0.4, 0.5) is 5.82 Å². The molecule has 0 atom stereocenters. The maximum absolute atomic E-state index is 13.0. The van der Waals surface area contributed by atoms with Crippen LogP contribution in [0.25, 0.3) is 27.9 Å². The summed E-state index contributed by atoms with van der Waals surface area (Å²) in [5.41, 5.74) is 9.54. The number of nitrogens with zero attached hydrogens (tertiary/aromatic N) is 3. The number of esters is 1. The summed E-state index contributed by atoms with van der Waals surface area (Å²) in [6.07, 6.45) is 1.86. The topological polar surface area (TPSA) is 103 Å². The van der Waals surface area contributed by atoms with Gasteiger partial charge in [0.25, 0.3) is 0 Å². The molecular weight excluding hydrogens is 380 g/mol. The van der Waals surface area contributed by atoms with Gasteiger partial charge in [-0.15, -0.1) is 0 Å². The number of anilines is 1. The van der Waals surface area contributed by atoms with Crippen LogP contribution in [0.5, 0.6) is 5.75 Å². The molecule has 0 fully saturated rings. The van der Waals surface area contributed by atoms with Crippen molar-refractivity contribution in [1.82, 2.24) is 14.5 Å². The third kappa shape index (κ3) is 3.43. The minimum Gasteiger partial charge on any atom is -0.508 e. The molecule has 0 amide bonds. The van der Waals surface area contributed by atoms with Crippen molar-refractivity contribution in [2.45, 2.75) is 26.7 Å². The minimum absolute atomic E-state index is 0.134. The van der Waals surface area contributed by atoms with Gasteiger partial charge in [0.05, 0.1) is 17.6 Å². The van der Waals surface area contributed by atoms with Gasteiger partial charge in [0.2, 0.25) is 0 Å².